The zero-order valence-electron chi connectivity index (χ0n) is 9.90. The van der Waals surface area contributed by atoms with Crippen molar-refractivity contribution >= 4 is 27.8 Å². The summed E-state index contributed by atoms with van der Waals surface area (Å²) in [5, 5.41) is 19.3. The molecule has 0 spiro atoms. The fraction of sp³-hybridized carbons (Fsp3) is 0.667. The molecule has 1 rings (SSSR count). The maximum atomic E-state index is 11.7. The van der Waals surface area contributed by atoms with Gasteiger partial charge in [-0.3, -0.25) is 4.79 Å². The van der Waals surface area contributed by atoms with Crippen LogP contribution in [0.15, 0.2) is 0 Å². The van der Waals surface area contributed by atoms with Crippen LogP contribution in [-0.2, 0) is 19.4 Å². The molecule has 0 radical (unpaired) electrons. The molecule has 0 aromatic heterocycles. The summed E-state index contributed by atoms with van der Waals surface area (Å²) in [7, 11) is -3.15. The number of carboxylic acids is 2. The van der Waals surface area contributed by atoms with Crippen LogP contribution < -0.4 is 5.32 Å². The van der Waals surface area contributed by atoms with Gasteiger partial charge in [-0.25, -0.2) is 18.0 Å². The number of sulfone groups is 1. The third-order valence-corrected chi connectivity index (χ3v) is 4.22. The Morgan fingerprint density at radius 1 is 1.16 bits per heavy atom. The number of aliphatic carboxylic acids is 2. The third kappa shape index (κ3) is 4.73. The van der Waals surface area contributed by atoms with Gasteiger partial charge in [0.15, 0.2) is 9.84 Å². The molecule has 19 heavy (non-hydrogen) atoms. The number of urea groups is 1. The van der Waals surface area contributed by atoms with Gasteiger partial charge in [-0.2, -0.15) is 0 Å². The Balaban J connectivity index is 2.58. The SMILES string of the molecule is O=C(O)C[C@@H](NC(=O)N1CCS(=O)(=O)CC1)C(=O)O. The molecular weight excluding hydrogens is 280 g/mol. The molecule has 9 nitrogen and oxygen atoms in total. The molecule has 10 heteroatoms. The van der Waals surface area contributed by atoms with E-state index in [4.69, 9.17) is 10.2 Å². The first-order valence-electron chi connectivity index (χ1n) is 5.42. The molecule has 0 bridgehead atoms. The number of nitrogens with one attached hydrogen (secondary N) is 1. The highest BCUT2D eigenvalue weighted by Crippen LogP contribution is 2.05. The van der Waals surface area contributed by atoms with Crippen LogP contribution in [0.3, 0.4) is 0 Å². The third-order valence-electron chi connectivity index (χ3n) is 2.61. The summed E-state index contributed by atoms with van der Waals surface area (Å²) in [5.41, 5.74) is 0. The molecule has 0 saturated carbocycles. The zero-order chi connectivity index (χ0) is 14.6. The Morgan fingerprint density at radius 2 is 1.68 bits per heavy atom. The Hall–Kier alpha value is -1.84. The van der Waals surface area contributed by atoms with Gasteiger partial charge in [-0.05, 0) is 0 Å². The lowest BCUT2D eigenvalue weighted by Crippen LogP contribution is -2.52. The highest BCUT2D eigenvalue weighted by molar-refractivity contribution is 7.91. The van der Waals surface area contributed by atoms with Crippen molar-refractivity contribution in [1.29, 1.82) is 0 Å². The number of carbonyl (C=O) groups is 3. The Bertz CT molecular complexity index is 473. The minimum Gasteiger partial charge on any atom is -0.481 e. The lowest BCUT2D eigenvalue weighted by atomic mass is 10.2. The van der Waals surface area contributed by atoms with Gasteiger partial charge in [0, 0.05) is 13.1 Å². The number of nitrogens with zero attached hydrogens (tertiary/aromatic N) is 1. The maximum Gasteiger partial charge on any atom is 0.326 e. The average molecular weight is 294 g/mol. The molecule has 0 aromatic rings. The number of hydrogen-bond acceptors (Lipinski definition) is 5. The second-order valence-corrected chi connectivity index (χ2v) is 6.38. The van der Waals surface area contributed by atoms with Crippen molar-refractivity contribution in [2.45, 2.75) is 12.5 Å². The molecule has 2 amide bonds. The lowest BCUT2D eigenvalue weighted by Gasteiger charge is -2.28. The van der Waals surface area contributed by atoms with Gasteiger partial charge in [-0.15, -0.1) is 0 Å². The summed E-state index contributed by atoms with van der Waals surface area (Å²) < 4.78 is 22.3. The second kappa shape index (κ2) is 5.87. The minimum atomic E-state index is -3.15. The summed E-state index contributed by atoms with van der Waals surface area (Å²) in [5.74, 6) is -3.18. The largest absolute Gasteiger partial charge is 0.481 e. The number of hydrogen-bond donors (Lipinski definition) is 3. The Labute approximate surface area is 109 Å². The van der Waals surface area contributed by atoms with E-state index in [2.05, 4.69) is 5.32 Å². The standard InChI is InChI=1S/C9H14N2O7S/c12-7(13)5-6(8(14)15)10-9(16)11-1-3-19(17,18)4-2-11/h6H,1-5H2,(H,10,16)(H,12,13)(H,14,15)/t6-/m1/s1. The minimum absolute atomic E-state index is 0.0341. The normalized spacial score (nSPS) is 19.5. The van der Waals surface area contributed by atoms with Crippen LogP contribution in [0.5, 0.6) is 0 Å². The molecule has 1 aliphatic heterocycles. The van der Waals surface area contributed by atoms with Crippen LogP contribution in [0.2, 0.25) is 0 Å². The Morgan fingerprint density at radius 3 is 2.11 bits per heavy atom. The van der Waals surface area contributed by atoms with Crippen molar-refractivity contribution in [3.05, 3.63) is 0 Å². The van der Waals surface area contributed by atoms with Crippen LogP contribution in [-0.4, -0.2) is 72.1 Å². The van der Waals surface area contributed by atoms with Gasteiger partial charge >= 0.3 is 18.0 Å². The monoisotopic (exact) mass is 294 g/mol. The molecule has 1 saturated heterocycles. The van der Waals surface area contributed by atoms with Crippen LogP contribution >= 0.6 is 0 Å². The second-order valence-electron chi connectivity index (χ2n) is 4.08. The highest BCUT2D eigenvalue weighted by atomic mass is 32.2. The molecule has 1 atom stereocenters. The molecule has 0 aromatic carbocycles. The van der Waals surface area contributed by atoms with Crippen LogP contribution in [0.25, 0.3) is 0 Å². The molecule has 1 fully saturated rings. The van der Waals surface area contributed by atoms with Crippen LogP contribution in [0, 0.1) is 0 Å². The summed E-state index contributed by atoms with van der Waals surface area (Å²) in [4.78, 5) is 34.0. The topological polar surface area (TPSA) is 141 Å². The number of carbonyl (C=O) groups excluding carboxylic acids is 1. The van der Waals surface area contributed by atoms with Crippen molar-refractivity contribution < 1.29 is 33.0 Å². The van der Waals surface area contributed by atoms with E-state index >= 15 is 0 Å². The van der Waals surface area contributed by atoms with E-state index in [0.29, 0.717) is 0 Å². The Kier molecular flexibility index (Phi) is 4.70. The van der Waals surface area contributed by atoms with Crippen molar-refractivity contribution in [3.8, 4) is 0 Å². The van der Waals surface area contributed by atoms with E-state index in [1.807, 2.05) is 0 Å². The first-order valence-corrected chi connectivity index (χ1v) is 7.24. The van der Waals surface area contributed by atoms with E-state index < -0.39 is 40.3 Å². The fourth-order valence-electron chi connectivity index (χ4n) is 1.53. The summed E-state index contributed by atoms with van der Waals surface area (Å²) in [6.45, 7) is -0.0683. The van der Waals surface area contributed by atoms with Gasteiger partial charge in [0.05, 0.1) is 17.9 Å². The van der Waals surface area contributed by atoms with Gasteiger partial charge in [0.2, 0.25) is 0 Å². The lowest BCUT2D eigenvalue weighted by molar-refractivity contribution is -0.145. The number of carboxylic acid groups (broad SMARTS) is 2. The molecule has 108 valence electrons. The predicted octanol–water partition coefficient (Wildman–Crippen LogP) is -1.65. The number of amides is 2. The molecule has 3 N–H and O–H groups in total. The summed E-state index contributed by atoms with van der Waals surface area (Å²) in [6.07, 6.45) is -0.743. The summed E-state index contributed by atoms with van der Waals surface area (Å²) in [6, 6.07) is -2.31. The predicted molar refractivity (Wildman–Crippen MR) is 62.4 cm³/mol. The first kappa shape index (κ1) is 15.2. The average Bonchev–Trinajstić information content (AvgIpc) is 2.27. The van der Waals surface area contributed by atoms with Crippen LogP contribution in [0.1, 0.15) is 6.42 Å². The van der Waals surface area contributed by atoms with Gasteiger partial charge in [0.1, 0.15) is 6.04 Å². The quantitative estimate of drug-likeness (QED) is 0.564. The van der Waals surface area contributed by atoms with Crippen LogP contribution in [0.4, 0.5) is 4.79 Å². The molecular formula is C9H14N2O7S. The van der Waals surface area contributed by atoms with E-state index in [9.17, 15) is 22.8 Å². The van der Waals surface area contributed by atoms with Gasteiger partial charge < -0.3 is 20.4 Å². The van der Waals surface area contributed by atoms with E-state index in [-0.39, 0.29) is 24.6 Å². The molecule has 0 aliphatic carbocycles. The molecule has 1 aliphatic rings. The smallest absolute Gasteiger partial charge is 0.326 e. The first-order chi connectivity index (χ1) is 8.71. The maximum absolute atomic E-state index is 11.7. The number of rotatable bonds is 4. The summed E-state index contributed by atoms with van der Waals surface area (Å²) >= 11 is 0. The van der Waals surface area contributed by atoms with E-state index in [1.165, 1.54) is 0 Å². The molecule has 0 unspecified atom stereocenters. The van der Waals surface area contributed by atoms with Crippen molar-refractivity contribution in [2.24, 2.45) is 0 Å². The van der Waals surface area contributed by atoms with Gasteiger partial charge in [-0.1, -0.05) is 0 Å². The van der Waals surface area contributed by atoms with Crippen molar-refractivity contribution in [1.82, 2.24) is 10.2 Å². The van der Waals surface area contributed by atoms with E-state index in [0.717, 1.165) is 4.90 Å². The van der Waals surface area contributed by atoms with Crippen molar-refractivity contribution in [3.63, 3.8) is 0 Å². The fourth-order valence-corrected chi connectivity index (χ4v) is 2.73. The molecule has 1 heterocycles. The van der Waals surface area contributed by atoms with Gasteiger partial charge in [0.25, 0.3) is 0 Å². The van der Waals surface area contributed by atoms with Crippen molar-refractivity contribution in [2.75, 3.05) is 24.6 Å². The van der Waals surface area contributed by atoms with E-state index in [1.54, 1.807) is 0 Å². The zero-order valence-corrected chi connectivity index (χ0v) is 10.7. The highest BCUT2D eigenvalue weighted by Gasteiger charge is 2.29.